The highest BCUT2D eigenvalue weighted by molar-refractivity contribution is 7.09. The normalized spacial score (nSPS) is 14.7. The first-order valence-corrected chi connectivity index (χ1v) is 7.70. The van der Waals surface area contributed by atoms with Crippen LogP contribution in [0.4, 0.5) is 4.79 Å². The molecule has 0 aliphatic carbocycles. The first kappa shape index (κ1) is 16.9. The summed E-state index contributed by atoms with van der Waals surface area (Å²) in [7, 11) is 0. The Hall–Kier alpha value is -1.14. The Morgan fingerprint density at radius 3 is 2.60 bits per heavy atom. The Balaban J connectivity index is 2.35. The second-order valence-corrected chi connectivity index (χ2v) is 6.86. The lowest BCUT2D eigenvalue weighted by molar-refractivity contribution is 0.0522. The van der Waals surface area contributed by atoms with E-state index in [4.69, 9.17) is 4.74 Å². The standard InChI is InChI=1S/C14H25N3O2S/c1-9(7-15-13(18)19-14(4,5)6)17-11(3)12-10(2)16-8-20-12/h8-9,11,17H,7H2,1-6H3,(H,15,18). The molecule has 5 nitrogen and oxygen atoms in total. The molecule has 0 spiro atoms. The number of carbonyl (C=O) groups excluding carboxylic acids is 1. The molecule has 2 unspecified atom stereocenters. The van der Waals surface area contributed by atoms with Crippen LogP contribution >= 0.6 is 11.3 Å². The van der Waals surface area contributed by atoms with Crippen LogP contribution in [0.15, 0.2) is 5.51 Å². The summed E-state index contributed by atoms with van der Waals surface area (Å²) < 4.78 is 5.20. The van der Waals surface area contributed by atoms with Crippen molar-refractivity contribution < 1.29 is 9.53 Å². The maximum absolute atomic E-state index is 11.6. The molecule has 0 saturated heterocycles. The molecule has 20 heavy (non-hydrogen) atoms. The van der Waals surface area contributed by atoms with Crippen LogP contribution in [0.3, 0.4) is 0 Å². The Kier molecular flexibility index (Phi) is 5.95. The number of thiazole rings is 1. The maximum atomic E-state index is 11.6. The van der Waals surface area contributed by atoms with Crippen molar-refractivity contribution in [1.29, 1.82) is 0 Å². The third-order valence-corrected chi connectivity index (χ3v) is 3.78. The van der Waals surface area contributed by atoms with Crippen molar-refractivity contribution in [3.63, 3.8) is 0 Å². The van der Waals surface area contributed by atoms with Gasteiger partial charge in [-0.2, -0.15) is 0 Å². The van der Waals surface area contributed by atoms with Crippen molar-refractivity contribution in [1.82, 2.24) is 15.6 Å². The van der Waals surface area contributed by atoms with Crippen molar-refractivity contribution >= 4 is 17.4 Å². The summed E-state index contributed by atoms with van der Waals surface area (Å²) >= 11 is 1.65. The van der Waals surface area contributed by atoms with Gasteiger partial charge in [-0.25, -0.2) is 9.78 Å². The number of ether oxygens (including phenoxy) is 1. The zero-order valence-corrected chi connectivity index (χ0v) is 13.9. The van der Waals surface area contributed by atoms with E-state index in [-0.39, 0.29) is 18.2 Å². The number of hydrogen-bond acceptors (Lipinski definition) is 5. The molecule has 1 heterocycles. The summed E-state index contributed by atoms with van der Waals surface area (Å²) in [5.74, 6) is 0. The van der Waals surface area contributed by atoms with Gasteiger partial charge in [-0.05, 0) is 41.5 Å². The molecule has 0 aliphatic rings. The fourth-order valence-corrected chi connectivity index (χ4v) is 2.66. The second-order valence-electron chi connectivity index (χ2n) is 5.97. The summed E-state index contributed by atoms with van der Waals surface area (Å²) in [5.41, 5.74) is 2.45. The minimum atomic E-state index is -0.464. The van der Waals surface area contributed by atoms with E-state index in [9.17, 15) is 4.79 Å². The average Bonchev–Trinajstić information content (AvgIpc) is 2.70. The molecule has 0 aromatic carbocycles. The molecule has 1 aromatic heterocycles. The summed E-state index contributed by atoms with van der Waals surface area (Å²) in [4.78, 5) is 17.0. The fraction of sp³-hybridized carbons (Fsp3) is 0.714. The van der Waals surface area contributed by atoms with Crippen LogP contribution in [0.5, 0.6) is 0 Å². The van der Waals surface area contributed by atoms with Crippen LogP contribution < -0.4 is 10.6 Å². The lowest BCUT2D eigenvalue weighted by Crippen LogP contribution is -2.41. The molecule has 1 rings (SSSR count). The Labute approximate surface area is 125 Å². The summed E-state index contributed by atoms with van der Waals surface area (Å²) in [6.45, 7) is 12.2. The zero-order valence-electron chi connectivity index (χ0n) is 13.1. The van der Waals surface area contributed by atoms with Gasteiger partial charge in [0, 0.05) is 23.5 Å². The number of nitrogens with zero attached hydrogens (tertiary/aromatic N) is 1. The van der Waals surface area contributed by atoms with Gasteiger partial charge in [0.2, 0.25) is 0 Å². The average molecular weight is 299 g/mol. The van der Waals surface area contributed by atoms with Gasteiger partial charge < -0.3 is 15.4 Å². The van der Waals surface area contributed by atoms with Crippen LogP contribution in [0.1, 0.15) is 51.2 Å². The smallest absolute Gasteiger partial charge is 0.407 e. The summed E-state index contributed by atoms with van der Waals surface area (Å²) in [6, 6.07) is 0.372. The Morgan fingerprint density at radius 1 is 1.45 bits per heavy atom. The molecule has 1 amide bonds. The third kappa shape index (κ3) is 5.88. The van der Waals surface area contributed by atoms with E-state index in [0.29, 0.717) is 6.54 Å². The van der Waals surface area contributed by atoms with Crippen LogP contribution in [-0.4, -0.2) is 29.3 Å². The van der Waals surface area contributed by atoms with E-state index in [1.807, 2.05) is 40.1 Å². The van der Waals surface area contributed by atoms with Crippen molar-refractivity contribution in [2.75, 3.05) is 6.54 Å². The maximum Gasteiger partial charge on any atom is 0.407 e. The molecule has 6 heteroatoms. The highest BCUT2D eigenvalue weighted by Crippen LogP contribution is 2.21. The SMILES string of the molecule is Cc1ncsc1C(C)NC(C)CNC(=O)OC(C)(C)C. The van der Waals surface area contributed by atoms with E-state index in [2.05, 4.69) is 22.5 Å². The molecule has 0 saturated carbocycles. The first-order chi connectivity index (χ1) is 9.19. The van der Waals surface area contributed by atoms with Crippen molar-refractivity contribution in [3.8, 4) is 0 Å². The van der Waals surface area contributed by atoms with Gasteiger partial charge in [0.05, 0.1) is 11.2 Å². The molecule has 0 aliphatic heterocycles. The summed E-state index contributed by atoms with van der Waals surface area (Å²) in [5, 5.41) is 6.21. The highest BCUT2D eigenvalue weighted by atomic mass is 32.1. The van der Waals surface area contributed by atoms with Gasteiger partial charge in [-0.3, -0.25) is 0 Å². The molecular weight excluding hydrogens is 274 g/mol. The number of aromatic nitrogens is 1. The van der Waals surface area contributed by atoms with Crippen LogP contribution in [0.2, 0.25) is 0 Å². The van der Waals surface area contributed by atoms with Gasteiger partial charge in [-0.15, -0.1) is 11.3 Å². The zero-order chi connectivity index (χ0) is 15.3. The topological polar surface area (TPSA) is 63.2 Å². The molecule has 0 radical (unpaired) electrons. The van der Waals surface area contributed by atoms with Crippen LogP contribution in [0, 0.1) is 6.92 Å². The molecular formula is C14H25N3O2S. The van der Waals surface area contributed by atoms with Crippen molar-refractivity contribution in [2.45, 2.75) is 59.2 Å². The van der Waals surface area contributed by atoms with E-state index in [0.717, 1.165) is 5.69 Å². The largest absolute Gasteiger partial charge is 0.444 e. The number of alkyl carbamates (subject to hydrolysis) is 1. The van der Waals surface area contributed by atoms with Crippen molar-refractivity contribution in [3.05, 3.63) is 16.1 Å². The number of nitrogens with one attached hydrogen (secondary N) is 2. The number of rotatable bonds is 5. The van der Waals surface area contributed by atoms with Crippen molar-refractivity contribution in [2.24, 2.45) is 0 Å². The monoisotopic (exact) mass is 299 g/mol. The highest BCUT2D eigenvalue weighted by Gasteiger charge is 2.17. The van der Waals surface area contributed by atoms with Gasteiger partial charge in [0.15, 0.2) is 0 Å². The third-order valence-electron chi connectivity index (χ3n) is 2.66. The van der Waals surface area contributed by atoms with Gasteiger partial charge >= 0.3 is 6.09 Å². The molecule has 0 bridgehead atoms. The van der Waals surface area contributed by atoms with Crippen LogP contribution in [-0.2, 0) is 4.74 Å². The Morgan fingerprint density at radius 2 is 2.10 bits per heavy atom. The van der Waals surface area contributed by atoms with Gasteiger partial charge in [0.25, 0.3) is 0 Å². The van der Waals surface area contributed by atoms with E-state index in [1.54, 1.807) is 11.3 Å². The van der Waals surface area contributed by atoms with Gasteiger partial charge in [0.1, 0.15) is 5.60 Å². The molecule has 1 aromatic rings. The second kappa shape index (κ2) is 7.04. The molecule has 0 fully saturated rings. The quantitative estimate of drug-likeness (QED) is 0.877. The minimum absolute atomic E-state index is 0.152. The predicted octanol–water partition coefficient (Wildman–Crippen LogP) is 3.02. The lowest BCUT2D eigenvalue weighted by atomic mass is 10.2. The van der Waals surface area contributed by atoms with Crippen LogP contribution in [0.25, 0.3) is 0 Å². The summed E-state index contributed by atoms with van der Waals surface area (Å²) in [6.07, 6.45) is -0.382. The number of aryl methyl sites for hydroxylation is 1. The fourth-order valence-electron chi connectivity index (χ4n) is 1.84. The number of amides is 1. The van der Waals surface area contributed by atoms with E-state index in [1.165, 1.54) is 4.88 Å². The van der Waals surface area contributed by atoms with E-state index >= 15 is 0 Å². The first-order valence-electron chi connectivity index (χ1n) is 6.82. The van der Waals surface area contributed by atoms with E-state index < -0.39 is 5.60 Å². The minimum Gasteiger partial charge on any atom is -0.444 e. The predicted molar refractivity (Wildman–Crippen MR) is 82.1 cm³/mol. The van der Waals surface area contributed by atoms with Gasteiger partial charge in [-0.1, -0.05) is 0 Å². The number of carbonyl (C=O) groups is 1. The molecule has 114 valence electrons. The molecule has 2 N–H and O–H groups in total. The lowest BCUT2D eigenvalue weighted by Gasteiger charge is -2.22. The molecule has 2 atom stereocenters. The number of hydrogen-bond donors (Lipinski definition) is 2. The Bertz CT molecular complexity index is 440.